The molecule has 6 heteroatoms. The normalized spacial score (nSPS) is 10.7. The summed E-state index contributed by atoms with van der Waals surface area (Å²) in [7, 11) is 1.71. The van der Waals surface area contributed by atoms with Crippen molar-refractivity contribution < 1.29 is 14.0 Å². The molecule has 0 bridgehead atoms. The number of amides is 2. The number of carbonyl (C=O) groups excluding carboxylic acids is 2. The summed E-state index contributed by atoms with van der Waals surface area (Å²) in [5.41, 5.74) is 3.62. The van der Waals surface area contributed by atoms with Gasteiger partial charge in [0.2, 0.25) is 11.8 Å². The van der Waals surface area contributed by atoms with Crippen LogP contribution < -0.4 is 10.6 Å². The molecule has 0 saturated heterocycles. The van der Waals surface area contributed by atoms with Crippen molar-refractivity contribution in [2.75, 3.05) is 25.5 Å². The fourth-order valence-corrected chi connectivity index (χ4v) is 2.60. The first-order valence-corrected chi connectivity index (χ1v) is 8.41. The third-order valence-electron chi connectivity index (χ3n) is 3.98. The Morgan fingerprint density at radius 3 is 2.15 bits per heavy atom. The number of carbonyl (C=O) groups is 2. The van der Waals surface area contributed by atoms with Gasteiger partial charge in [0.15, 0.2) is 0 Å². The molecule has 2 rings (SSSR count). The van der Waals surface area contributed by atoms with Crippen LogP contribution in [0.3, 0.4) is 0 Å². The van der Waals surface area contributed by atoms with Crippen LogP contribution in [-0.2, 0) is 16.1 Å². The number of rotatable bonds is 7. The third kappa shape index (κ3) is 5.97. The van der Waals surface area contributed by atoms with Crippen LogP contribution in [0.15, 0.2) is 42.5 Å². The van der Waals surface area contributed by atoms with Gasteiger partial charge in [-0.2, -0.15) is 0 Å². The highest BCUT2D eigenvalue weighted by atomic mass is 19.1. The maximum Gasteiger partial charge on any atom is 0.238 e. The lowest BCUT2D eigenvalue weighted by molar-refractivity contribution is -0.123. The number of benzene rings is 2. The summed E-state index contributed by atoms with van der Waals surface area (Å²) in [6.45, 7) is 4.41. The highest BCUT2D eigenvalue weighted by Gasteiger charge is 2.12. The van der Waals surface area contributed by atoms with Crippen molar-refractivity contribution in [1.29, 1.82) is 0 Å². The van der Waals surface area contributed by atoms with E-state index >= 15 is 0 Å². The number of para-hydroxylation sites is 1. The van der Waals surface area contributed by atoms with E-state index in [1.165, 1.54) is 12.1 Å². The Morgan fingerprint density at radius 2 is 1.54 bits per heavy atom. The molecule has 0 aliphatic rings. The van der Waals surface area contributed by atoms with Crippen molar-refractivity contribution in [3.05, 3.63) is 65.0 Å². The van der Waals surface area contributed by atoms with Gasteiger partial charge in [-0.15, -0.1) is 0 Å². The molecule has 2 aromatic rings. The number of aryl methyl sites for hydroxylation is 2. The molecule has 0 heterocycles. The summed E-state index contributed by atoms with van der Waals surface area (Å²) in [5, 5.41) is 5.65. The van der Waals surface area contributed by atoms with Crippen LogP contribution in [0.5, 0.6) is 0 Å². The average Bonchev–Trinajstić information content (AvgIpc) is 2.57. The molecule has 0 saturated carbocycles. The van der Waals surface area contributed by atoms with Gasteiger partial charge in [-0.25, -0.2) is 4.39 Å². The molecule has 138 valence electrons. The van der Waals surface area contributed by atoms with E-state index in [0.29, 0.717) is 6.54 Å². The number of nitrogens with zero attached hydrogens (tertiary/aromatic N) is 1. The smallest absolute Gasteiger partial charge is 0.238 e. The van der Waals surface area contributed by atoms with E-state index in [2.05, 4.69) is 10.6 Å². The van der Waals surface area contributed by atoms with Crippen molar-refractivity contribution in [3.63, 3.8) is 0 Å². The number of anilines is 1. The molecule has 0 fully saturated rings. The molecule has 0 atom stereocenters. The zero-order chi connectivity index (χ0) is 19.1. The number of hydrogen-bond acceptors (Lipinski definition) is 3. The van der Waals surface area contributed by atoms with Gasteiger partial charge in [-0.1, -0.05) is 30.3 Å². The van der Waals surface area contributed by atoms with Gasteiger partial charge in [0.1, 0.15) is 5.82 Å². The molecule has 0 aromatic heterocycles. The molecule has 0 unspecified atom stereocenters. The second-order valence-corrected chi connectivity index (χ2v) is 6.39. The largest absolute Gasteiger partial charge is 0.351 e. The van der Waals surface area contributed by atoms with E-state index in [1.54, 1.807) is 24.1 Å². The fourth-order valence-electron chi connectivity index (χ4n) is 2.60. The van der Waals surface area contributed by atoms with Crippen molar-refractivity contribution in [3.8, 4) is 0 Å². The minimum atomic E-state index is -0.310. The lowest BCUT2D eigenvalue weighted by Crippen LogP contribution is -2.38. The number of nitrogens with one attached hydrogen (secondary N) is 2. The van der Waals surface area contributed by atoms with Gasteiger partial charge in [-0.05, 0) is 49.7 Å². The van der Waals surface area contributed by atoms with Gasteiger partial charge >= 0.3 is 0 Å². The topological polar surface area (TPSA) is 61.4 Å². The predicted molar refractivity (Wildman–Crippen MR) is 100 cm³/mol. The summed E-state index contributed by atoms with van der Waals surface area (Å²) in [6, 6.07) is 11.8. The van der Waals surface area contributed by atoms with Gasteiger partial charge < -0.3 is 10.6 Å². The minimum Gasteiger partial charge on any atom is -0.351 e. The SMILES string of the molecule is Cc1cccc(C)c1NC(=O)CN(C)CC(=O)NCc1ccc(F)cc1. The first-order valence-electron chi connectivity index (χ1n) is 8.41. The Kier molecular flexibility index (Phi) is 6.86. The van der Waals surface area contributed by atoms with Gasteiger partial charge in [0, 0.05) is 12.2 Å². The number of halogens is 1. The number of likely N-dealkylation sites (N-methyl/N-ethyl adjacent to an activating group) is 1. The van der Waals surface area contributed by atoms with E-state index in [1.807, 2.05) is 32.0 Å². The first kappa shape index (κ1) is 19.6. The Morgan fingerprint density at radius 1 is 0.962 bits per heavy atom. The van der Waals surface area contributed by atoms with Crippen LogP contribution in [0.2, 0.25) is 0 Å². The monoisotopic (exact) mass is 357 g/mol. The van der Waals surface area contributed by atoms with Gasteiger partial charge in [0.25, 0.3) is 0 Å². The minimum absolute atomic E-state index is 0.0986. The van der Waals surface area contributed by atoms with E-state index in [9.17, 15) is 14.0 Å². The molecule has 26 heavy (non-hydrogen) atoms. The maximum atomic E-state index is 12.9. The number of hydrogen-bond donors (Lipinski definition) is 2. The fraction of sp³-hybridized carbons (Fsp3) is 0.300. The van der Waals surface area contributed by atoms with Crippen LogP contribution in [0.25, 0.3) is 0 Å². The zero-order valence-corrected chi connectivity index (χ0v) is 15.3. The lowest BCUT2D eigenvalue weighted by Gasteiger charge is -2.17. The zero-order valence-electron chi connectivity index (χ0n) is 15.3. The second-order valence-electron chi connectivity index (χ2n) is 6.39. The summed E-state index contributed by atoms with van der Waals surface area (Å²) in [5.74, 6) is -0.678. The van der Waals surface area contributed by atoms with Crippen molar-refractivity contribution in [1.82, 2.24) is 10.2 Å². The molecule has 2 aromatic carbocycles. The molecule has 2 N–H and O–H groups in total. The third-order valence-corrected chi connectivity index (χ3v) is 3.98. The summed E-state index contributed by atoms with van der Waals surface area (Å²) in [6.07, 6.45) is 0. The van der Waals surface area contributed by atoms with E-state index in [0.717, 1.165) is 22.4 Å². The molecule has 0 aliphatic heterocycles. The predicted octanol–water partition coefficient (Wildman–Crippen LogP) is 2.63. The molecule has 0 spiro atoms. The van der Waals surface area contributed by atoms with Crippen LogP contribution in [0, 0.1) is 19.7 Å². The molecule has 5 nitrogen and oxygen atoms in total. The Hall–Kier alpha value is -2.73. The highest BCUT2D eigenvalue weighted by Crippen LogP contribution is 2.19. The van der Waals surface area contributed by atoms with Gasteiger partial charge in [0.05, 0.1) is 13.1 Å². The van der Waals surface area contributed by atoms with Crippen LogP contribution in [0.4, 0.5) is 10.1 Å². The standard InChI is InChI=1S/C20H24FN3O2/c1-14-5-4-6-15(2)20(14)23-19(26)13-24(3)12-18(25)22-11-16-7-9-17(21)10-8-16/h4-10H,11-13H2,1-3H3,(H,22,25)(H,23,26). The van der Waals surface area contributed by atoms with Crippen LogP contribution in [-0.4, -0.2) is 36.9 Å². The van der Waals surface area contributed by atoms with Gasteiger partial charge in [-0.3, -0.25) is 14.5 Å². The maximum absolute atomic E-state index is 12.9. The van der Waals surface area contributed by atoms with E-state index in [-0.39, 0.29) is 30.7 Å². The van der Waals surface area contributed by atoms with E-state index < -0.39 is 0 Å². The van der Waals surface area contributed by atoms with Crippen LogP contribution in [0.1, 0.15) is 16.7 Å². The summed E-state index contributed by atoms with van der Waals surface area (Å²) >= 11 is 0. The molecule has 0 aliphatic carbocycles. The Balaban J connectivity index is 1.78. The molecular weight excluding hydrogens is 333 g/mol. The Bertz CT molecular complexity index is 755. The summed E-state index contributed by atoms with van der Waals surface area (Å²) in [4.78, 5) is 25.8. The Labute approximate surface area is 153 Å². The second kappa shape index (κ2) is 9.10. The average molecular weight is 357 g/mol. The first-order chi connectivity index (χ1) is 12.3. The molecule has 0 radical (unpaired) electrons. The summed E-state index contributed by atoms with van der Waals surface area (Å²) < 4.78 is 12.9. The van der Waals surface area contributed by atoms with E-state index in [4.69, 9.17) is 0 Å². The molecular formula is C20H24FN3O2. The highest BCUT2D eigenvalue weighted by molar-refractivity contribution is 5.94. The molecule has 2 amide bonds. The van der Waals surface area contributed by atoms with Crippen LogP contribution >= 0.6 is 0 Å². The van der Waals surface area contributed by atoms with Crippen molar-refractivity contribution in [2.45, 2.75) is 20.4 Å². The van der Waals surface area contributed by atoms with Crippen molar-refractivity contribution >= 4 is 17.5 Å². The quantitative estimate of drug-likeness (QED) is 0.801. The van der Waals surface area contributed by atoms with Crippen molar-refractivity contribution in [2.24, 2.45) is 0 Å². The lowest BCUT2D eigenvalue weighted by atomic mass is 10.1.